The molecule has 1 aromatic carbocycles. The fourth-order valence-electron chi connectivity index (χ4n) is 3.02. The molecule has 0 radical (unpaired) electrons. The fraction of sp³-hybridized carbons (Fsp3) is 0.588. The van der Waals surface area contributed by atoms with Crippen LogP contribution in [0, 0.1) is 0 Å². The maximum Gasteiger partial charge on any atom is 0.157 e. The third-order valence-electron chi connectivity index (χ3n) is 4.19. The molecule has 2 atom stereocenters. The summed E-state index contributed by atoms with van der Waals surface area (Å²) in [6, 6.07) is 11.8. The molecule has 114 valence electrons. The summed E-state index contributed by atoms with van der Waals surface area (Å²) in [5.74, 6) is 1.20. The van der Waals surface area contributed by atoms with Crippen LogP contribution < -0.4 is 5.32 Å². The lowest BCUT2D eigenvalue weighted by molar-refractivity contribution is 0.202. The number of amidine groups is 1. The van der Waals surface area contributed by atoms with Crippen molar-refractivity contribution in [3.05, 3.63) is 35.9 Å². The molecule has 2 unspecified atom stereocenters. The van der Waals surface area contributed by atoms with Crippen molar-refractivity contribution in [1.29, 1.82) is 0 Å². The van der Waals surface area contributed by atoms with Gasteiger partial charge in [0.2, 0.25) is 0 Å². The number of nitrogens with one attached hydrogen (secondary N) is 1. The van der Waals surface area contributed by atoms with E-state index in [4.69, 9.17) is 4.99 Å². The second-order valence-corrected chi connectivity index (χ2v) is 7.22. The minimum Gasteiger partial charge on any atom is -0.362 e. The Morgan fingerprint density at radius 2 is 2.14 bits per heavy atom. The van der Waals surface area contributed by atoms with E-state index in [1.807, 2.05) is 11.8 Å². The van der Waals surface area contributed by atoms with Crippen molar-refractivity contribution in [2.75, 3.05) is 18.8 Å². The molecule has 4 heteroatoms. The molecule has 3 rings (SSSR count). The van der Waals surface area contributed by atoms with Crippen molar-refractivity contribution in [2.24, 2.45) is 4.99 Å². The van der Waals surface area contributed by atoms with E-state index in [0.29, 0.717) is 12.1 Å². The fourth-order valence-corrected chi connectivity index (χ4v) is 4.19. The van der Waals surface area contributed by atoms with Crippen molar-refractivity contribution in [3.8, 4) is 0 Å². The zero-order chi connectivity index (χ0) is 14.5. The molecule has 2 heterocycles. The molecule has 2 saturated heterocycles. The molecule has 0 aromatic heterocycles. The first-order valence-corrected chi connectivity index (χ1v) is 9.01. The van der Waals surface area contributed by atoms with Crippen LogP contribution in [0.25, 0.3) is 0 Å². The van der Waals surface area contributed by atoms with E-state index >= 15 is 0 Å². The predicted molar refractivity (Wildman–Crippen MR) is 91.8 cm³/mol. The summed E-state index contributed by atoms with van der Waals surface area (Å²) >= 11 is 1.89. The van der Waals surface area contributed by atoms with Gasteiger partial charge >= 0.3 is 0 Å². The molecule has 21 heavy (non-hydrogen) atoms. The van der Waals surface area contributed by atoms with Crippen LogP contribution in [0.3, 0.4) is 0 Å². The Morgan fingerprint density at radius 3 is 2.95 bits per heavy atom. The monoisotopic (exact) mass is 303 g/mol. The third kappa shape index (κ3) is 4.48. The summed E-state index contributed by atoms with van der Waals surface area (Å²) in [6.45, 7) is 5.60. The minimum absolute atomic E-state index is 0.461. The van der Waals surface area contributed by atoms with E-state index in [1.54, 1.807) is 0 Å². The number of hydrogen-bond donors (Lipinski definition) is 1. The number of hydrogen-bond acceptors (Lipinski definition) is 3. The van der Waals surface area contributed by atoms with E-state index in [2.05, 4.69) is 47.5 Å². The van der Waals surface area contributed by atoms with Gasteiger partial charge in [-0.1, -0.05) is 42.1 Å². The van der Waals surface area contributed by atoms with E-state index in [9.17, 15) is 0 Å². The lowest BCUT2D eigenvalue weighted by Crippen LogP contribution is -2.40. The molecule has 3 nitrogen and oxygen atoms in total. The van der Waals surface area contributed by atoms with Crippen molar-refractivity contribution in [2.45, 2.75) is 44.8 Å². The quantitative estimate of drug-likeness (QED) is 0.930. The summed E-state index contributed by atoms with van der Waals surface area (Å²) in [5.41, 5.74) is 1.41. The Balaban J connectivity index is 1.57. The SMILES string of the molecule is CC1CCSC(=NC2CCCN(Cc3ccccc3)C2)N1. The van der Waals surface area contributed by atoms with Crippen LogP contribution in [0.5, 0.6) is 0 Å². The first-order chi connectivity index (χ1) is 10.3. The van der Waals surface area contributed by atoms with Gasteiger partial charge in [-0.2, -0.15) is 0 Å². The van der Waals surface area contributed by atoms with Crippen molar-refractivity contribution in [1.82, 2.24) is 10.2 Å². The average molecular weight is 303 g/mol. The largest absolute Gasteiger partial charge is 0.362 e. The number of aliphatic imine (C=N–C) groups is 1. The van der Waals surface area contributed by atoms with E-state index in [0.717, 1.165) is 13.1 Å². The van der Waals surface area contributed by atoms with Crippen LogP contribution in [-0.4, -0.2) is 41.0 Å². The average Bonchev–Trinajstić information content (AvgIpc) is 2.49. The summed E-state index contributed by atoms with van der Waals surface area (Å²) in [7, 11) is 0. The maximum atomic E-state index is 4.96. The van der Waals surface area contributed by atoms with Gasteiger partial charge in [-0.25, -0.2) is 0 Å². The van der Waals surface area contributed by atoms with Crippen molar-refractivity contribution >= 4 is 16.9 Å². The highest BCUT2D eigenvalue weighted by Crippen LogP contribution is 2.19. The summed E-state index contributed by atoms with van der Waals surface area (Å²) in [4.78, 5) is 7.51. The Kier molecular flexibility index (Phi) is 5.20. The topological polar surface area (TPSA) is 27.6 Å². The normalized spacial score (nSPS) is 29.3. The number of rotatable bonds is 3. The van der Waals surface area contributed by atoms with Gasteiger partial charge in [0.25, 0.3) is 0 Å². The Morgan fingerprint density at radius 1 is 1.29 bits per heavy atom. The molecule has 0 amide bonds. The highest BCUT2D eigenvalue weighted by atomic mass is 32.2. The number of benzene rings is 1. The number of likely N-dealkylation sites (tertiary alicyclic amines) is 1. The van der Waals surface area contributed by atoms with E-state index in [1.165, 1.54) is 42.3 Å². The molecule has 0 aliphatic carbocycles. The lowest BCUT2D eigenvalue weighted by atomic mass is 10.1. The molecular weight excluding hydrogens is 278 g/mol. The van der Waals surface area contributed by atoms with Gasteiger partial charge in [0, 0.05) is 24.9 Å². The van der Waals surface area contributed by atoms with E-state index < -0.39 is 0 Å². The number of piperidine rings is 1. The molecular formula is C17H25N3S. The Bertz CT molecular complexity index is 474. The molecule has 0 bridgehead atoms. The highest BCUT2D eigenvalue weighted by molar-refractivity contribution is 8.13. The first kappa shape index (κ1) is 14.9. The molecule has 1 aromatic rings. The zero-order valence-corrected chi connectivity index (χ0v) is 13.6. The first-order valence-electron chi connectivity index (χ1n) is 8.03. The van der Waals surface area contributed by atoms with Crippen LogP contribution in [-0.2, 0) is 6.54 Å². The van der Waals surface area contributed by atoms with Crippen molar-refractivity contribution in [3.63, 3.8) is 0 Å². The standard InChI is InChI=1S/C17H25N3S/c1-14-9-11-21-17(18-14)19-16-8-5-10-20(13-16)12-15-6-3-2-4-7-15/h2-4,6-7,14,16H,5,8-13H2,1H3,(H,18,19). The van der Waals surface area contributed by atoms with Crippen LogP contribution in [0.1, 0.15) is 31.7 Å². The zero-order valence-electron chi connectivity index (χ0n) is 12.8. The number of thioether (sulfide) groups is 1. The predicted octanol–water partition coefficient (Wildman–Crippen LogP) is 3.12. The van der Waals surface area contributed by atoms with Gasteiger partial charge in [-0.05, 0) is 38.3 Å². The van der Waals surface area contributed by atoms with Crippen LogP contribution in [0.4, 0.5) is 0 Å². The van der Waals surface area contributed by atoms with Gasteiger partial charge in [-0.3, -0.25) is 9.89 Å². The third-order valence-corrected chi connectivity index (χ3v) is 5.13. The molecule has 0 saturated carbocycles. The van der Waals surface area contributed by atoms with Crippen LogP contribution >= 0.6 is 11.8 Å². The number of nitrogens with zero attached hydrogens (tertiary/aromatic N) is 2. The molecule has 0 spiro atoms. The lowest BCUT2D eigenvalue weighted by Gasteiger charge is -2.32. The van der Waals surface area contributed by atoms with Crippen LogP contribution in [0.15, 0.2) is 35.3 Å². The van der Waals surface area contributed by atoms with Gasteiger partial charge < -0.3 is 5.32 Å². The summed E-state index contributed by atoms with van der Waals surface area (Å²) in [5, 5.41) is 4.69. The molecule has 1 N–H and O–H groups in total. The van der Waals surface area contributed by atoms with Gasteiger partial charge in [0.15, 0.2) is 5.17 Å². The minimum atomic E-state index is 0.461. The highest BCUT2D eigenvalue weighted by Gasteiger charge is 2.21. The van der Waals surface area contributed by atoms with Gasteiger partial charge in [0.1, 0.15) is 0 Å². The van der Waals surface area contributed by atoms with Gasteiger partial charge in [-0.15, -0.1) is 0 Å². The molecule has 2 aliphatic rings. The summed E-state index contributed by atoms with van der Waals surface area (Å²) in [6.07, 6.45) is 3.73. The Hall–Kier alpha value is -1.00. The summed E-state index contributed by atoms with van der Waals surface area (Å²) < 4.78 is 0. The Labute approximate surface area is 132 Å². The second kappa shape index (κ2) is 7.32. The maximum absolute atomic E-state index is 4.96. The van der Waals surface area contributed by atoms with Crippen molar-refractivity contribution < 1.29 is 0 Å². The molecule has 2 fully saturated rings. The molecule has 2 aliphatic heterocycles. The van der Waals surface area contributed by atoms with Crippen LogP contribution in [0.2, 0.25) is 0 Å². The van der Waals surface area contributed by atoms with Gasteiger partial charge in [0.05, 0.1) is 6.04 Å². The second-order valence-electron chi connectivity index (χ2n) is 6.13. The smallest absolute Gasteiger partial charge is 0.157 e. The van der Waals surface area contributed by atoms with E-state index in [-0.39, 0.29) is 0 Å².